The van der Waals surface area contributed by atoms with Crippen molar-refractivity contribution in [1.82, 2.24) is 9.99 Å². The lowest BCUT2D eigenvalue weighted by Crippen LogP contribution is -2.19. The molecule has 0 radical (unpaired) electrons. The van der Waals surface area contributed by atoms with Crippen molar-refractivity contribution in [3.8, 4) is 0 Å². The normalized spacial score (nSPS) is 12.4. The molecule has 0 aliphatic rings. The minimum absolute atomic E-state index is 0.510. The van der Waals surface area contributed by atoms with E-state index in [1.165, 1.54) is 154 Å². The third-order valence-electron chi connectivity index (χ3n) is 9.17. The molecule has 6 heteroatoms. The number of hydrogen-bond acceptors (Lipinski definition) is 4. The van der Waals surface area contributed by atoms with Gasteiger partial charge in [0, 0.05) is 6.54 Å². The largest absolute Gasteiger partial charge is 0.405 e. The van der Waals surface area contributed by atoms with E-state index < -0.39 is 7.75 Å². The van der Waals surface area contributed by atoms with Crippen LogP contribution in [0.4, 0.5) is 0 Å². The van der Waals surface area contributed by atoms with Crippen LogP contribution in [0.25, 0.3) is 0 Å². The average Bonchev–Trinajstić information content (AvgIpc) is 3.07. The molecule has 0 aromatic carbocycles. The molecule has 0 saturated heterocycles. The van der Waals surface area contributed by atoms with E-state index in [0.29, 0.717) is 19.8 Å². The highest BCUT2D eigenvalue weighted by Gasteiger charge is 2.23. The van der Waals surface area contributed by atoms with Crippen LogP contribution in [0.15, 0.2) is 24.3 Å². The Kier molecular flexibility index (Phi) is 39.0. The Morgan fingerprint density at radius 2 is 0.792 bits per heavy atom. The molecule has 0 unspecified atom stereocenters. The van der Waals surface area contributed by atoms with Crippen LogP contribution < -0.4 is 5.09 Å². The molecule has 0 aromatic heterocycles. The third kappa shape index (κ3) is 38.4. The van der Waals surface area contributed by atoms with Gasteiger partial charge in [-0.15, -0.1) is 0 Å². The van der Waals surface area contributed by atoms with Gasteiger partial charge in [0.15, 0.2) is 0 Å². The molecule has 0 aliphatic carbocycles. The summed E-state index contributed by atoms with van der Waals surface area (Å²) in [5.74, 6) is 0. The van der Waals surface area contributed by atoms with Gasteiger partial charge in [-0.1, -0.05) is 154 Å². The van der Waals surface area contributed by atoms with Gasteiger partial charge in [0.1, 0.15) is 0 Å². The number of nitrogens with zero attached hydrogens (tertiary/aromatic N) is 1. The molecule has 5 nitrogen and oxygen atoms in total. The Labute approximate surface area is 301 Å². The standard InChI is InChI=1S/C42H85N2O3P/c1-5-7-9-11-13-15-17-19-21-23-25-27-29-31-33-37-41-46-48(45,43-39-35-36-40-44(3)4)47-42-38-34-32-30-28-26-24-22-20-18-16-14-12-10-8-6-2/h19-22H,5-18,23-42H2,1-4H3,(H,43,45)/b21-19-,22-20-. The van der Waals surface area contributed by atoms with E-state index in [1.54, 1.807) is 0 Å². The summed E-state index contributed by atoms with van der Waals surface area (Å²) in [5, 5.41) is 3.16. The van der Waals surface area contributed by atoms with E-state index in [-0.39, 0.29) is 0 Å². The lowest BCUT2D eigenvalue weighted by Gasteiger charge is -2.20. The lowest BCUT2D eigenvalue weighted by atomic mass is 10.1. The maximum atomic E-state index is 13.5. The molecule has 0 aliphatic heterocycles. The second-order valence-corrected chi connectivity index (χ2v) is 16.3. The molecule has 0 spiro atoms. The Balaban J connectivity index is 3.94. The number of hydrogen-bond donors (Lipinski definition) is 1. The van der Waals surface area contributed by atoms with Crippen LogP contribution in [0.5, 0.6) is 0 Å². The second kappa shape index (κ2) is 39.3. The van der Waals surface area contributed by atoms with Crippen LogP contribution >= 0.6 is 7.75 Å². The summed E-state index contributed by atoms with van der Waals surface area (Å²) >= 11 is 0. The predicted molar refractivity (Wildman–Crippen MR) is 214 cm³/mol. The molecule has 0 rings (SSSR count). The third-order valence-corrected chi connectivity index (χ3v) is 10.8. The second-order valence-electron chi connectivity index (χ2n) is 14.5. The van der Waals surface area contributed by atoms with Crippen LogP contribution in [-0.2, 0) is 13.6 Å². The van der Waals surface area contributed by atoms with Gasteiger partial charge in [-0.3, -0.25) is 9.05 Å². The van der Waals surface area contributed by atoms with Gasteiger partial charge in [0.2, 0.25) is 0 Å². The van der Waals surface area contributed by atoms with Crippen molar-refractivity contribution in [3.63, 3.8) is 0 Å². The van der Waals surface area contributed by atoms with Crippen LogP contribution in [-0.4, -0.2) is 45.3 Å². The summed E-state index contributed by atoms with van der Waals surface area (Å²) in [6.45, 7) is 7.29. The van der Waals surface area contributed by atoms with Crippen molar-refractivity contribution >= 4 is 7.75 Å². The Morgan fingerprint density at radius 1 is 0.458 bits per heavy atom. The Bertz CT molecular complexity index is 680. The molecule has 0 saturated carbocycles. The summed E-state index contributed by atoms with van der Waals surface area (Å²) < 4.78 is 25.3. The first kappa shape index (κ1) is 47.5. The number of rotatable bonds is 40. The topological polar surface area (TPSA) is 50.8 Å². The number of nitrogens with one attached hydrogen (secondary N) is 1. The zero-order chi connectivity index (χ0) is 35.1. The Hall–Kier alpha value is -0.450. The van der Waals surface area contributed by atoms with Gasteiger partial charge in [0.05, 0.1) is 13.2 Å². The Morgan fingerprint density at radius 3 is 1.15 bits per heavy atom. The SMILES string of the molecule is CCCCCCCC/C=C\CCCCCCCCOP(=O)(NCCCCN(C)C)OCCCCCCCC/C=C\CCCCCCCC. The summed E-state index contributed by atoms with van der Waals surface area (Å²) in [6.07, 6.45) is 47.5. The van der Waals surface area contributed by atoms with Gasteiger partial charge < -0.3 is 4.90 Å². The van der Waals surface area contributed by atoms with Crippen LogP contribution in [0.2, 0.25) is 0 Å². The summed E-state index contributed by atoms with van der Waals surface area (Å²) in [6, 6.07) is 0. The van der Waals surface area contributed by atoms with Gasteiger partial charge >= 0.3 is 7.75 Å². The maximum Gasteiger partial charge on any atom is 0.405 e. The van der Waals surface area contributed by atoms with E-state index in [9.17, 15) is 4.57 Å². The van der Waals surface area contributed by atoms with Crippen LogP contribution in [0.3, 0.4) is 0 Å². The molecule has 286 valence electrons. The molecule has 0 amide bonds. The molecule has 0 fully saturated rings. The molecular weight excluding hydrogens is 611 g/mol. The zero-order valence-corrected chi connectivity index (χ0v) is 33.9. The van der Waals surface area contributed by atoms with Crippen LogP contribution in [0.1, 0.15) is 206 Å². The smallest absolute Gasteiger partial charge is 0.309 e. The van der Waals surface area contributed by atoms with Gasteiger partial charge in [-0.2, -0.15) is 0 Å². The van der Waals surface area contributed by atoms with E-state index in [2.05, 4.69) is 62.2 Å². The zero-order valence-electron chi connectivity index (χ0n) is 33.0. The molecule has 1 N–H and O–H groups in total. The fraction of sp³-hybridized carbons (Fsp3) is 0.905. The predicted octanol–water partition coefficient (Wildman–Crippen LogP) is 14.1. The lowest BCUT2D eigenvalue weighted by molar-refractivity contribution is 0.189. The summed E-state index contributed by atoms with van der Waals surface area (Å²) in [5.41, 5.74) is 0. The minimum Gasteiger partial charge on any atom is -0.309 e. The monoisotopic (exact) mass is 697 g/mol. The molecule has 0 atom stereocenters. The minimum atomic E-state index is -3.24. The quantitative estimate of drug-likeness (QED) is 0.0393. The fourth-order valence-electron chi connectivity index (χ4n) is 5.97. The van der Waals surface area contributed by atoms with Gasteiger partial charge in [-0.25, -0.2) is 9.65 Å². The maximum absolute atomic E-state index is 13.5. The van der Waals surface area contributed by atoms with E-state index >= 15 is 0 Å². The molecule has 0 bridgehead atoms. The highest BCUT2D eigenvalue weighted by atomic mass is 31.2. The van der Waals surface area contributed by atoms with Crippen LogP contribution in [0, 0.1) is 0 Å². The number of unbranched alkanes of at least 4 members (excludes halogenated alkanes) is 25. The first-order valence-corrected chi connectivity index (χ1v) is 22.7. The van der Waals surface area contributed by atoms with E-state index in [4.69, 9.17) is 9.05 Å². The summed E-state index contributed by atoms with van der Waals surface area (Å²) in [4.78, 5) is 2.19. The van der Waals surface area contributed by atoms with Crippen molar-refractivity contribution in [2.24, 2.45) is 0 Å². The summed E-state index contributed by atoms with van der Waals surface area (Å²) in [7, 11) is 0.942. The highest BCUT2D eigenvalue weighted by Crippen LogP contribution is 2.44. The van der Waals surface area contributed by atoms with Crippen molar-refractivity contribution < 1.29 is 13.6 Å². The first-order valence-electron chi connectivity index (χ1n) is 21.1. The average molecular weight is 697 g/mol. The number of allylic oxidation sites excluding steroid dienone is 4. The van der Waals surface area contributed by atoms with Crippen molar-refractivity contribution in [2.45, 2.75) is 206 Å². The molecule has 48 heavy (non-hydrogen) atoms. The molecular formula is C42H85N2O3P. The van der Waals surface area contributed by atoms with Crippen molar-refractivity contribution in [1.29, 1.82) is 0 Å². The van der Waals surface area contributed by atoms with Gasteiger partial charge in [0.25, 0.3) is 0 Å². The van der Waals surface area contributed by atoms with E-state index in [0.717, 1.165) is 45.1 Å². The highest BCUT2D eigenvalue weighted by molar-refractivity contribution is 7.51. The van der Waals surface area contributed by atoms with Crippen molar-refractivity contribution in [2.75, 3.05) is 40.4 Å². The first-order chi connectivity index (χ1) is 23.5. The van der Waals surface area contributed by atoms with Gasteiger partial charge in [-0.05, 0) is 97.7 Å². The van der Waals surface area contributed by atoms with E-state index in [1.807, 2.05) is 0 Å². The molecule has 0 heterocycles. The fourth-order valence-corrected chi connectivity index (χ4v) is 7.39. The molecule has 0 aromatic rings. The van der Waals surface area contributed by atoms with Crippen molar-refractivity contribution in [3.05, 3.63) is 24.3 Å².